The van der Waals surface area contributed by atoms with Gasteiger partial charge in [0.2, 0.25) is 10.0 Å². The van der Waals surface area contributed by atoms with E-state index in [0.717, 1.165) is 12.8 Å². The number of rotatable bonds is 7. The van der Waals surface area contributed by atoms with Gasteiger partial charge in [0.25, 0.3) is 5.91 Å². The summed E-state index contributed by atoms with van der Waals surface area (Å²) in [5.74, 6) is -0.117. The lowest BCUT2D eigenvalue weighted by Crippen LogP contribution is -2.39. The van der Waals surface area contributed by atoms with E-state index >= 15 is 0 Å². The third-order valence-corrected chi connectivity index (χ3v) is 6.24. The zero-order chi connectivity index (χ0) is 17.9. The van der Waals surface area contributed by atoms with Gasteiger partial charge >= 0.3 is 0 Å². The van der Waals surface area contributed by atoms with Crippen molar-refractivity contribution < 1.29 is 13.2 Å². The van der Waals surface area contributed by atoms with Crippen LogP contribution < -0.4 is 0 Å². The largest absolute Gasteiger partial charge is 0.339 e. The molecular formula is C17H23N3O3S. The molecule has 0 saturated heterocycles. The van der Waals surface area contributed by atoms with Crippen LogP contribution in [0.1, 0.15) is 44.0 Å². The van der Waals surface area contributed by atoms with E-state index in [9.17, 15) is 13.2 Å². The van der Waals surface area contributed by atoms with Crippen LogP contribution in [0.4, 0.5) is 0 Å². The van der Waals surface area contributed by atoms with Crippen molar-refractivity contribution in [2.24, 2.45) is 0 Å². The number of nitrogens with zero attached hydrogens (tertiary/aromatic N) is 3. The zero-order valence-electron chi connectivity index (χ0n) is 14.3. The van der Waals surface area contributed by atoms with Crippen molar-refractivity contribution in [1.82, 2.24) is 9.21 Å². The van der Waals surface area contributed by atoms with Crippen molar-refractivity contribution in [1.29, 1.82) is 5.26 Å². The van der Waals surface area contributed by atoms with E-state index in [0.29, 0.717) is 18.7 Å². The van der Waals surface area contributed by atoms with E-state index in [1.165, 1.54) is 28.6 Å². The molecule has 1 unspecified atom stereocenters. The van der Waals surface area contributed by atoms with Gasteiger partial charge in [-0.25, -0.2) is 8.42 Å². The average Bonchev–Trinajstić information content (AvgIpc) is 3.40. The Morgan fingerprint density at radius 2 is 1.79 bits per heavy atom. The molecule has 1 fully saturated rings. The van der Waals surface area contributed by atoms with Crippen molar-refractivity contribution >= 4 is 15.9 Å². The molecular weight excluding hydrogens is 326 g/mol. The maximum absolute atomic E-state index is 12.8. The Morgan fingerprint density at radius 1 is 1.25 bits per heavy atom. The number of sulfonamides is 1. The molecule has 1 saturated carbocycles. The number of benzene rings is 1. The van der Waals surface area contributed by atoms with Gasteiger partial charge < -0.3 is 4.90 Å². The molecule has 0 aliphatic heterocycles. The van der Waals surface area contributed by atoms with Gasteiger partial charge in [0, 0.05) is 24.7 Å². The van der Waals surface area contributed by atoms with E-state index in [1.54, 1.807) is 11.8 Å². The third kappa shape index (κ3) is 3.60. The van der Waals surface area contributed by atoms with E-state index in [1.807, 2.05) is 19.9 Å². The highest BCUT2D eigenvalue weighted by molar-refractivity contribution is 7.89. The van der Waals surface area contributed by atoms with E-state index in [-0.39, 0.29) is 16.8 Å². The summed E-state index contributed by atoms with van der Waals surface area (Å²) in [7, 11) is -3.74. The summed E-state index contributed by atoms with van der Waals surface area (Å²) in [6, 6.07) is 7.18. The van der Waals surface area contributed by atoms with Crippen LogP contribution in [0, 0.1) is 11.3 Å². The van der Waals surface area contributed by atoms with Crippen molar-refractivity contribution in [2.75, 3.05) is 13.1 Å². The highest BCUT2D eigenvalue weighted by Crippen LogP contribution is 2.33. The fraction of sp³-hybridized carbons (Fsp3) is 0.529. The SMILES string of the molecule is CCN(CC)C(=O)c1ccc(S(=O)(=O)N(C(C)C#N)C2CC2)cc1. The molecule has 2 rings (SSSR count). The molecule has 1 aromatic rings. The Bertz CT molecular complexity index is 729. The number of hydrogen-bond donors (Lipinski definition) is 0. The predicted octanol–water partition coefficient (Wildman–Crippen LogP) is 2.23. The number of amides is 1. The topological polar surface area (TPSA) is 81.5 Å². The summed E-state index contributed by atoms with van der Waals surface area (Å²) in [5.41, 5.74) is 0.462. The molecule has 1 aliphatic carbocycles. The summed E-state index contributed by atoms with van der Waals surface area (Å²) < 4.78 is 26.9. The smallest absolute Gasteiger partial charge is 0.253 e. The fourth-order valence-electron chi connectivity index (χ4n) is 2.69. The second kappa shape index (κ2) is 7.32. The first-order chi connectivity index (χ1) is 11.4. The molecule has 0 spiro atoms. The van der Waals surface area contributed by atoms with Crippen molar-refractivity contribution in [3.05, 3.63) is 29.8 Å². The molecule has 0 aromatic heterocycles. The van der Waals surface area contributed by atoms with Crippen LogP contribution in [0.25, 0.3) is 0 Å². The summed E-state index contributed by atoms with van der Waals surface area (Å²) in [4.78, 5) is 14.1. The highest BCUT2D eigenvalue weighted by Gasteiger charge is 2.41. The number of carbonyl (C=O) groups is 1. The minimum absolute atomic E-state index is 0.0957. The Kier molecular flexibility index (Phi) is 5.62. The molecule has 0 heterocycles. The Hall–Kier alpha value is -1.91. The zero-order valence-corrected chi connectivity index (χ0v) is 15.1. The van der Waals surface area contributed by atoms with Gasteiger partial charge in [0.1, 0.15) is 6.04 Å². The summed E-state index contributed by atoms with van der Waals surface area (Å²) in [6.07, 6.45) is 1.56. The molecule has 0 bridgehead atoms. The lowest BCUT2D eigenvalue weighted by molar-refractivity contribution is 0.0773. The van der Waals surface area contributed by atoms with Crippen LogP contribution in [-0.2, 0) is 10.0 Å². The Balaban J connectivity index is 2.29. The van der Waals surface area contributed by atoms with E-state index in [2.05, 4.69) is 0 Å². The first-order valence-electron chi connectivity index (χ1n) is 8.19. The lowest BCUT2D eigenvalue weighted by Gasteiger charge is -2.24. The van der Waals surface area contributed by atoms with Gasteiger partial charge in [-0.2, -0.15) is 9.57 Å². The molecule has 7 heteroatoms. The molecule has 0 N–H and O–H groups in total. The molecule has 6 nitrogen and oxygen atoms in total. The molecule has 130 valence electrons. The Labute approximate surface area is 143 Å². The average molecular weight is 349 g/mol. The molecule has 1 atom stereocenters. The van der Waals surface area contributed by atoms with Gasteiger partial charge in [0.15, 0.2) is 0 Å². The monoisotopic (exact) mass is 349 g/mol. The van der Waals surface area contributed by atoms with Gasteiger partial charge in [-0.05, 0) is 57.9 Å². The maximum atomic E-state index is 12.8. The summed E-state index contributed by atoms with van der Waals surface area (Å²) >= 11 is 0. The predicted molar refractivity (Wildman–Crippen MR) is 90.8 cm³/mol. The van der Waals surface area contributed by atoms with Crippen LogP contribution in [0.15, 0.2) is 29.2 Å². The third-order valence-electron chi connectivity index (χ3n) is 4.20. The van der Waals surface area contributed by atoms with Crippen LogP contribution in [-0.4, -0.2) is 48.7 Å². The minimum atomic E-state index is -3.74. The normalized spacial score (nSPS) is 15.8. The van der Waals surface area contributed by atoms with Crippen LogP contribution in [0.3, 0.4) is 0 Å². The number of nitriles is 1. The maximum Gasteiger partial charge on any atom is 0.253 e. The van der Waals surface area contributed by atoms with Crippen molar-refractivity contribution in [3.8, 4) is 6.07 Å². The van der Waals surface area contributed by atoms with Crippen LogP contribution in [0.2, 0.25) is 0 Å². The van der Waals surface area contributed by atoms with E-state index < -0.39 is 16.1 Å². The Morgan fingerprint density at radius 3 is 2.21 bits per heavy atom. The second-order valence-electron chi connectivity index (χ2n) is 5.87. The number of hydrogen-bond acceptors (Lipinski definition) is 4. The summed E-state index contributed by atoms with van der Waals surface area (Å²) in [5, 5.41) is 9.12. The first-order valence-corrected chi connectivity index (χ1v) is 9.63. The van der Waals surface area contributed by atoms with Gasteiger partial charge in [-0.3, -0.25) is 4.79 Å². The molecule has 24 heavy (non-hydrogen) atoms. The minimum Gasteiger partial charge on any atom is -0.339 e. The van der Waals surface area contributed by atoms with Crippen molar-refractivity contribution in [3.63, 3.8) is 0 Å². The fourth-order valence-corrected chi connectivity index (χ4v) is 4.48. The first kappa shape index (κ1) is 18.4. The van der Waals surface area contributed by atoms with Gasteiger partial charge in [-0.15, -0.1) is 0 Å². The molecule has 1 amide bonds. The van der Waals surface area contributed by atoms with Crippen LogP contribution >= 0.6 is 0 Å². The lowest BCUT2D eigenvalue weighted by atomic mass is 10.2. The van der Waals surface area contributed by atoms with Crippen LogP contribution in [0.5, 0.6) is 0 Å². The molecule has 1 aromatic carbocycles. The molecule has 0 radical (unpaired) electrons. The summed E-state index contributed by atoms with van der Waals surface area (Å²) in [6.45, 7) is 6.59. The van der Waals surface area contributed by atoms with Gasteiger partial charge in [0.05, 0.1) is 11.0 Å². The molecule has 1 aliphatic rings. The van der Waals surface area contributed by atoms with E-state index in [4.69, 9.17) is 5.26 Å². The van der Waals surface area contributed by atoms with Crippen molar-refractivity contribution in [2.45, 2.75) is 50.6 Å². The van der Waals surface area contributed by atoms with Gasteiger partial charge in [-0.1, -0.05) is 0 Å². The number of carbonyl (C=O) groups excluding carboxylic acids is 1. The highest BCUT2D eigenvalue weighted by atomic mass is 32.2. The quantitative estimate of drug-likeness (QED) is 0.756. The standard InChI is InChI=1S/C17H23N3O3S/c1-4-19(5-2)17(21)14-6-10-16(11-7-14)24(22,23)20(13(3)12-18)15-8-9-15/h6-7,10-11,13,15H,4-5,8-9H2,1-3H3. The second-order valence-corrected chi connectivity index (χ2v) is 7.72.